The van der Waals surface area contributed by atoms with E-state index in [-0.39, 0.29) is 0 Å². The van der Waals surface area contributed by atoms with Gasteiger partial charge >= 0.3 is 8.07 Å². The molecule has 3 rings (SSSR count). The number of rotatable bonds is 3. The van der Waals surface area contributed by atoms with Crippen LogP contribution in [0.4, 0.5) is 0 Å². The van der Waals surface area contributed by atoms with Crippen LogP contribution in [-0.4, -0.2) is 8.07 Å². The zero-order valence-corrected chi connectivity index (χ0v) is 13.0. The van der Waals surface area contributed by atoms with Crippen molar-refractivity contribution in [2.75, 3.05) is 0 Å². The van der Waals surface area contributed by atoms with Crippen molar-refractivity contribution >= 4 is 23.6 Å². The summed E-state index contributed by atoms with van der Waals surface area (Å²) in [5, 5.41) is 17.6. The summed E-state index contributed by atoms with van der Waals surface area (Å²) in [6, 6.07) is 30.3. The van der Waals surface area contributed by atoms with Crippen LogP contribution in [0, 0.1) is 10.9 Å². The lowest BCUT2D eigenvalue weighted by Gasteiger charge is -2.22. The van der Waals surface area contributed by atoms with Crippen LogP contribution in [0.5, 0.6) is 0 Å². The Labute approximate surface area is 131 Å². The third-order valence-corrected chi connectivity index (χ3v) is 7.86. The van der Waals surface area contributed by atoms with Gasteiger partial charge in [0.05, 0.1) is 0 Å². The summed E-state index contributed by atoms with van der Waals surface area (Å²) in [6.45, 7) is 0. The van der Waals surface area contributed by atoms with E-state index in [1.807, 2.05) is 54.6 Å². The van der Waals surface area contributed by atoms with Crippen LogP contribution in [0.15, 0.2) is 91.0 Å². The highest BCUT2D eigenvalue weighted by atomic mass is 28.3. The Kier molecular flexibility index (Phi) is 4.04. The molecule has 0 amide bonds. The van der Waals surface area contributed by atoms with Crippen LogP contribution < -0.4 is 15.6 Å². The van der Waals surface area contributed by atoms with Gasteiger partial charge in [-0.3, -0.25) is 0 Å². The minimum Gasteiger partial charge on any atom is -0.499 e. The summed E-state index contributed by atoms with van der Waals surface area (Å²) >= 11 is 0. The fourth-order valence-electron chi connectivity index (χ4n) is 2.83. The van der Waals surface area contributed by atoms with Gasteiger partial charge in [0, 0.05) is 0 Å². The van der Waals surface area contributed by atoms with Crippen molar-refractivity contribution in [1.82, 2.24) is 0 Å². The van der Waals surface area contributed by atoms with Gasteiger partial charge in [-0.05, 0) is 20.6 Å². The quantitative estimate of drug-likeness (QED) is 0.415. The van der Waals surface area contributed by atoms with Crippen molar-refractivity contribution in [3.8, 4) is 5.69 Å². The van der Waals surface area contributed by atoms with Crippen LogP contribution in [0.25, 0.3) is 5.01 Å². The first kappa shape index (κ1) is 14.1. The highest BCUT2D eigenvalue weighted by molar-refractivity contribution is 7.16. The summed E-state index contributed by atoms with van der Waals surface area (Å²) in [6.07, 6.45) is 0. The van der Waals surface area contributed by atoms with Crippen molar-refractivity contribution in [3.05, 3.63) is 101 Å². The molecule has 0 aliphatic carbocycles. The van der Waals surface area contributed by atoms with Crippen LogP contribution in [0.1, 0.15) is 0 Å². The first-order chi connectivity index (χ1) is 10.9. The average molecular weight is 301 g/mol. The maximum Gasteiger partial charge on any atom is 0.331 e. The van der Waals surface area contributed by atoms with E-state index in [1.54, 1.807) is 0 Å². The first-order valence-corrected chi connectivity index (χ1v) is 9.14. The number of hydrogen-bond acceptors (Lipinski definition) is 1. The fourth-order valence-corrected chi connectivity index (χ4v) is 6.43. The Hall–Kier alpha value is -2.83. The Morgan fingerprint density at radius 2 is 0.909 bits per heavy atom. The van der Waals surface area contributed by atoms with Gasteiger partial charge in [-0.2, -0.15) is 0 Å². The summed E-state index contributed by atoms with van der Waals surface area (Å²) in [5.41, 5.74) is 2.95. The largest absolute Gasteiger partial charge is 0.499 e. The van der Waals surface area contributed by atoms with Gasteiger partial charge in [0.15, 0.2) is 0 Å². The van der Waals surface area contributed by atoms with E-state index in [0.717, 1.165) is 15.6 Å². The first-order valence-electron chi connectivity index (χ1n) is 7.14. The predicted molar refractivity (Wildman–Crippen MR) is 94.6 cm³/mol. The lowest BCUT2D eigenvalue weighted by molar-refractivity contribution is 1.69. The molecule has 0 aliphatic rings. The van der Waals surface area contributed by atoms with Crippen LogP contribution in [0.2, 0.25) is 0 Å². The molecule has 0 radical (unpaired) electrons. The monoisotopic (exact) mass is 301 g/mol. The van der Waals surface area contributed by atoms with Crippen LogP contribution >= 0.6 is 0 Å². The van der Waals surface area contributed by atoms with Gasteiger partial charge in [-0.15, -0.1) is 0 Å². The second-order valence-corrected chi connectivity index (χ2v) is 8.51. The standard InChI is InChI=1S/C19H15NOSi/c21-20-16-22(17-10-4-1-5-11-17,18-12-6-2-7-13-18)19-14-8-3-9-15-19/h1-15H. The van der Waals surface area contributed by atoms with E-state index < -0.39 is 8.07 Å². The van der Waals surface area contributed by atoms with Crippen molar-refractivity contribution in [2.45, 2.75) is 0 Å². The Morgan fingerprint density at radius 3 is 1.18 bits per heavy atom. The molecule has 106 valence electrons. The van der Waals surface area contributed by atoms with E-state index in [1.165, 1.54) is 0 Å². The molecule has 0 fully saturated rings. The molecule has 22 heavy (non-hydrogen) atoms. The van der Waals surface area contributed by atoms with E-state index in [4.69, 9.17) is 0 Å². The number of hydrogen-bond donors (Lipinski definition) is 0. The van der Waals surface area contributed by atoms with Crippen molar-refractivity contribution in [3.63, 3.8) is 0 Å². The zero-order chi connectivity index (χ0) is 15.3. The molecular weight excluding hydrogens is 286 g/mol. The third kappa shape index (κ3) is 2.41. The SMILES string of the molecule is [O-][N+]#C[Si](c1ccccc1)(c1ccccc1)c1ccccc1. The average Bonchev–Trinajstić information content (AvgIpc) is 2.62. The fraction of sp³-hybridized carbons (Fsp3) is 0. The molecule has 0 spiro atoms. The van der Waals surface area contributed by atoms with Gasteiger partial charge in [0.25, 0.3) is 5.69 Å². The Balaban J connectivity index is 2.36. The van der Waals surface area contributed by atoms with Crippen molar-refractivity contribution < 1.29 is 0 Å². The molecule has 0 heterocycles. The second-order valence-electron chi connectivity index (χ2n) is 5.05. The number of nitrogens with zero attached hydrogens (tertiary/aromatic N) is 1. The highest BCUT2D eigenvalue weighted by Gasteiger charge is 2.45. The topological polar surface area (TPSA) is 27.4 Å². The Morgan fingerprint density at radius 1 is 0.591 bits per heavy atom. The molecule has 2 nitrogen and oxygen atoms in total. The summed E-state index contributed by atoms with van der Waals surface area (Å²) in [7, 11) is -2.65. The molecule has 0 bridgehead atoms. The summed E-state index contributed by atoms with van der Waals surface area (Å²) in [5.74, 6) is 0. The van der Waals surface area contributed by atoms with E-state index in [9.17, 15) is 5.21 Å². The lowest BCUT2D eigenvalue weighted by Crippen LogP contribution is -2.66. The molecule has 0 aliphatic heterocycles. The lowest BCUT2D eigenvalue weighted by atomic mass is 10.3. The molecule has 0 saturated carbocycles. The normalized spacial score (nSPS) is 10.5. The van der Waals surface area contributed by atoms with E-state index in [0.29, 0.717) is 0 Å². The minimum absolute atomic E-state index is 1.10. The molecule has 0 aromatic heterocycles. The maximum absolute atomic E-state index is 11.2. The van der Waals surface area contributed by atoms with Gasteiger partial charge < -0.3 is 5.21 Å². The minimum atomic E-state index is -2.65. The van der Waals surface area contributed by atoms with Crippen LogP contribution in [-0.2, 0) is 0 Å². The molecule has 3 aromatic carbocycles. The summed E-state index contributed by atoms with van der Waals surface area (Å²) in [4.78, 5) is 0. The Bertz CT molecular complexity index is 696. The zero-order valence-electron chi connectivity index (χ0n) is 12.0. The molecule has 0 unspecified atom stereocenters. The second kappa shape index (κ2) is 6.29. The van der Waals surface area contributed by atoms with Gasteiger partial charge in [-0.25, -0.2) is 0 Å². The van der Waals surface area contributed by atoms with Gasteiger partial charge in [0.1, 0.15) is 0 Å². The molecule has 0 N–H and O–H groups in total. The highest BCUT2D eigenvalue weighted by Crippen LogP contribution is 2.07. The third-order valence-electron chi connectivity index (χ3n) is 3.83. The van der Waals surface area contributed by atoms with Gasteiger partial charge in [0.2, 0.25) is 0 Å². The van der Waals surface area contributed by atoms with E-state index >= 15 is 0 Å². The molecule has 0 atom stereocenters. The van der Waals surface area contributed by atoms with Crippen LogP contribution in [0.3, 0.4) is 0 Å². The number of benzene rings is 3. The van der Waals surface area contributed by atoms with Gasteiger partial charge in [-0.1, -0.05) is 91.0 Å². The van der Waals surface area contributed by atoms with E-state index in [2.05, 4.69) is 47.1 Å². The molecule has 3 aromatic rings. The molecular formula is C19H15NOSi. The maximum atomic E-state index is 11.2. The molecule has 0 saturated heterocycles. The molecule has 3 heteroatoms. The smallest absolute Gasteiger partial charge is 0.331 e. The predicted octanol–water partition coefficient (Wildman–Crippen LogP) is 2.53. The van der Waals surface area contributed by atoms with Crippen molar-refractivity contribution in [2.24, 2.45) is 0 Å². The van der Waals surface area contributed by atoms with Crippen molar-refractivity contribution in [1.29, 1.82) is 0 Å². The summed E-state index contributed by atoms with van der Waals surface area (Å²) < 4.78 is 0.